The molecule has 0 radical (unpaired) electrons. The van der Waals surface area contributed by atoms with Gasteiger partial charge in [-0.05, 0) is 7.05 Å². The summed E-state index contributed by atoms with van der Waals surface area (Å²) in [5.74, 6) is 0.392. The van der Waals surface area contributed by atoms with Crippen LogP contribution >= 0.6 is 0 Å². The summed E-state index contributed by atoms with van der Waals surface area (Å²) in [5.41, 5.74) is 0. The normalized spacial score (nSPS) is 27.2. The van der Waals surface area contributed by atoms with Crippen molar-refractivity contribution in [3.05, 3.63) is 12.0 Å². The molecule has 2 atom stereocenters. The topological polar surface area (TPSA) is 50.7 Å². The molecule has 3 heterocycles. The maximum absolute atomic E-state index is 13.4. The molecule has 2 bridgehead atoms. The Morgan fingerprint density at radius 1 is 1.35 bits per heavy atom. The molecular formula is C13H19FN4O2. The zero-order valence-electron chi connectivity index (χ0n) is 11.8. The second-order valence-electron chi connectivity index (χ2n) is 5.43. The molecule has 20 heavy (non-hydrogen) atoms. The minimum absolute atomic E-state index is 0.00555. The van der Waals surface area contributed by atoms with E-state index < -0.39 is 5.82 Å². The van der Waals surface area contributed by atoms with Gasteiger partial charge >= 0.3 is 0 Å². The van der Waals surface area contributed by atoms with Crippen LogP contribution in [0.15, 0.2) is 6.20 Å². The highest BCUT2D eigenvalue weighted by atomic mass is 19.1. The van der Waals surface area contributed by atoms with Gasteiger partial charge in [-0.25, -0.2) is 4.98 Å². The summed E-state index contributed by atoms with van der Waals surface area (Å²) in [4.78, 5) is 12.7. The van der Waals surface area contributed by atoms with E-state index in [4.69, 9.17) is 9.47 Å². The van der Waals surface area contributed by atoms with E-state index in [2.05, 4.69) is 26.8 Å². The smallest absolute Gasteiger partial charge is 0.255 e. The molecule has 110 valence electrons. The zero-order valence-corrected chi connectivity index (χ0v) is 11.8. The maximum atomic E-state index is 13.4. The zero-order chi connectivity index (χ0) is 14.1. The van der Waals surface area contributed by atoms with Gasteiger partial charge in [-0.3, -0.25) is 4.90 Å². The maximum Gasteiger partial charge on any atom is 0.255 e. The van der Waals surface area contributed by atoms with Crippen LogP contribution in [0, 0.1) is 11.7 Å². The van der Waals surface area contributed by atoms with Gasteiger partial charge in [0.25, 0.3) is 5.88 Å². The standard InChI is InChI=1S/C13H19FN4O2/c1-17-4-9-5-18(6-10(17)8-20-7-9)13-15-3-11(14)12(16-13)19-2/h3,9-10H,4-8H2,1-2H3/t9-,10+/m1/s1. The molecule has 0 aliphatic carbocycles. The molecule has 2 aliphatic rings. The van der Waals surface area contributed by atoms with Crippen LogP contribution in [-0.2, 0) is 4.74 Å². The molecule has 3 rings (SSSR count). The lowest BCUT2D eigenvalue weighted by atomic mass is 10.1. The predicted molar refractivity (Wildman–Crippen MR) is 71.5 cm³/mol. The van der Waals surface area contributed by atoms with E-state index in [-0.39, 0.29) is 5.88 Å². The summed E-state index contributed by atoms with van der Waals surface area (Å²) in [5, 5.41) is 0. The number of methoxy groups -OCH3 is 1. The van der Waals surface area contributed by atoms with Gasteiger partial charge in [0.2, 0.25) is 11.8 Å². The van der Waals surface area contributed by atoms with E-state index in [0.29, 0.717) is 24.5 Å². The van der Waals surface area contributed by atoms with Crippen molar-refractivity contribution in [3.63, 3.8) is 0 Å². The van der Waals surface area contributed by atoms with Gasteiger partial charge in [0.15, 0.2) is 0 Å². The molecule has 2 fully saturated rings. The van der Waals surface area contributed by atoms with Crippen LogP contribution in [0.3, 0.4) is 0 Å². The first kappa shape index (κ1) is 13.5. The van der Waals surface area contributed by atoms with Crippen molar-refractivity contribution in [2.75, 3.05) is 51.9 Å². The first-order chi connectivity index (χ1) is 9.67. The summed E-state index contributed by atoms with van der Waals surface area (Å²) >= 11 is 0. The molecule has 0 saturated carbocycles. The third-order valence-corrected chi connectivity index (χ3v) is 3.92. The van der Waals surface area contributed by atoms with Gasteiger partial charge in [-0.2, -0.15) is 9.37 Å². The third kappa shape index (κ3) is 2.55. The first-order valence-corrected chi connectivity index (χ1v) is 6.77. The average molecular weight is 282 g/mol. The van der Waals surface area contributed by atoms with Crippen LogP contribution in [0.5, 0.6) is 5.88 Å². The molecule has 0 unspecified atom stereocenters. The Bertz CT molecular complexity index is 487. The molecule has 6 nitrogen and oxygen atoms in total. The molecule has 7 heteroatoms. The van der Waals surface area contributed by atoms with E-state index in [9.17, 15) is 4.39 Å². The third-order valence-electron chi connectivity index (χ3n) is 3.92. The number of ether oxygens (including phenoxy) is 2. The predicted octanol–water partition coefficient (Wildman–Crippen LogP) is 0.391. The van der Waals surface area contributed by atoms with Gasteiger partial charge in [0.05, 0.1) is 32.6 Å². The summed E-state index contributed by atoms with van der Waals surface area (Å²) in [6.45, 7) is 4.05. The SMILES string of the molecule is COc1nc(N2C[C@@H]3COC[C@H](C2)N(C)C3)ncc1F. The highest BCUT2D eigenvalue weighted by molar-refractivity contribution is 5.33. The molecule has 1 aromatic rings. The lowest BCUT2D eigenvalue weighted by Gasteiger charge is -2.29. The minimum Gasteiger partial charge on any atom is -0.479 e. The second-order valence-corrected chi connectivity index (χ2v) is 5.43. The Kier molecular flexibility index (Phi) is 3.71. The lowest BCUT2D eigenvalue weighted by molar-refractivity contribution is 0.0928. The van der Waals surface area contributed by atoms with Crippen molar-refractivity contribution in [2.45, 2.75) is 6.04 Å². The Morgan fingerprint density at radius 3 is 3.00 bits per heavy atom. The van der Waals surface area contributed by atoms with E-state index >= 15 is 0 Å². The number of halogens is 1. The first-order valence-electron chi connectivity index (χ1n) is 6.77. The molecular weight excluding hydrogens is 263 g/mol. The van der Waals surface area contributed by atoms with Gasteiger partial charge in [-0.15, -0.1) is 0 Å². The quantitative estimate of drug-likeness (QED) is 0.782. The second kappa shape index (κ2) is 5.49. The summed E-state index contributed by atoms with van der Waals surface area (Å²) in [7, 11) is 3.52. The van der Waals surface area contributed by atoms with E-state index in [1.165, 1.54) is 13.3 Å². The van der Waals surface area contributed by atoms with Crippen LogP contribution in [0.4, 0.5) is 10.3 Å². The van der Waals surface area contributed by atoms with Crippen molar-refractivity contribution < 1.29 is 13.9 Å². The minimum atomic E-state index is -0.535. The van der Waals surface area contributed by atoms with Gasteiger partial charge in [0.1, 0.15) is 0 Å². The monoisotopic (exact) mass is 282 g/mol. The number of hydrogen-bond acceptors (Lipinski definition) is 6. The Labute approximate surface area is 117 Å². The fraction of sp³-hybridized carbons (Fsp3) is 0.692. The Morgan fingerprint density at radius 2 is 2.20 bits per heavy atom. The van der Waals surface area contributed by atoms with Crippen molar-refractivity contribution >= 4 is 5.95 Å². The van der Waals surface area contributed by atoms with E-state index in [1.807, 2.05) is 0 Å². The fourth-order valence-corrected chi connectivity index (χ4v) is 2.85. The van der Waals surface area contributed by atoms with Gasteiger partial charge < -0.3 is 14.4 Å². The Balaban J connectivity index is 1.86. The molecule has 0 amide bonds. The lowest BCUT2D eigenvalue weighted by Crippen LogP contribution is -2.43. The van der Waals surface area contributed by atoms with Crippen LogP contribution in [0.25, 0.3) is 0 Å². The number of aromatic nitrogens is 2. The van der Waals surface area contributed by atoms with Gasteiger partial charge in [-0.1, -0.05) is 0 Å². The van der Waals surface area contributed by atoms with Crippen LogP contribution in [0.1, 0.15) is 0 Å². The van der Waals surface area contributed by atoms with E-state index in [1.54, 1.807) is 0 Å². The number of fused-ring (bicyclic) bond motifs is 3. The van der Waals surface area contributed by atoms with Crippen molar-refractivity contribution in [1.29, 1.82) is 0 Å². The van der Waals surface area contributed by atoms with Gasteiger partial charge in [0, 0.05) is 25.6 Å². The summed E-state index contributed by atoms with van der Waals surface area (Å²) in [6, 6.07) is 0.308. The fourth-order valence-electron chi connectivity index (χ4n) is 2.85. The molecule has 2 saturated heterocycles. The van der Waals surface area contributed by atoms with Crippen LogP contribution in [0.2, 0.25) is 0 Å². The van der Waals surface area contributed by atoms with Crippen LogP contribution < -0.4 is 9.64 Å². The molecule has 0 aromatic carbocycles. The summed E-state index contributed by atoms with van der Waals surface area (Å²) < 4.78 is 24.0. The molecule has 0 spiro atoms. The van der Waals surface area contributed by atoms with Crippen molar-refractivity contribution in [3.8, 4) is 5.88 Å². The highest BCUT2D eigenvalue weighted by Crippen LogP contribution is 2.23. The number of likely N-dealkylation sites (N-methyl/N-ethyl adjacent to an activating group) is 1. The molecule has 0 N–H and O–H groups in total. The number of anilines is 1. The highest BCUT2D eigenvalue weighted by Gasteiger charge is 2.32. The number of rotatable bonds is 2. The molecule has 1 aromatic heterocycles. The van der Waals surface area contributed by atoms with E-state index in [0.717, 1.165) is 26.2 Å². The molecule has 2 aliphatic heterocycles. The number of hydrogen-bond donors (Lipinski definition) is 0. The van der Waals surface area contributed by atoms with Crippen molar-refractivity contribution in [2.24, 2.45) is 5.92 Å². The average Bonchev–Trinajstić information content (AvgIpc) is 2.68. The Hall–Kier alpha value is -1.47. The summed E-state index contributed by atoms with van der Waals surface area (Å²) in [6.07, 6.45) is 1.17. The van der Waals surface area contributed by atoms with Crippen LogP contribution in [-0.4, -0.2) is 67.9 Å². The number of nitrogens with zero attached hydrogens (tertiary/aromatic N) is 4. The van der Waals surface area contributed by atoms with Crippen molar-refractivity contribution in [1.82, 2.24) is 14.9 Å². The largest absolute Gasteiger partial charge is 0.479 e.